The van der Waals surface area contributed by atoms with Gasteiger partial charge in [-0.1, -0.05) is 141 Å². The summed E-state index contributed by atoms with van der Waals surface area (Å²) in [4.78, 5) is 42.7. The lowest BCUT2D eigenvalue weighted by Gasteiger charge is -2.18. The van der Waals surface area contributed by atoms with E-state index < -0.39 is 32.5 Å². The molecular formula is C39H73O8P. The normalized spacial score (nSPS) is 12.7. The third-order valence-electron chi connectivity index (χ3n) is 8.44. The van der Waals surface area contributed by atoms with Gasteiger partial charge in [-0.15, -0.1) is 0 Å². The highest BCUT2D eigenvalue weighted by molar-refractivity contribution is 7.46. The molecule has 0 aliphatic heterocycles. The summed E-state index contributed by atoms with van der Waals surface area (Å²) in [5, 5.41) is 0. The fourth-order valence-electron chi connectivity index (χ4n) is 5.48. The molecule has 9 heteroatoms. The van der Waals surface area contributed by atoms with Crippen LogP contribution in [0.4, 0.5) is 0 Å². The molecule has 1 atom stereocenters. The number of ether oxygens (including phenoxy) is 2. The van der Waals surface area contributed by atoms with E-state index in [0.29, 0.717) is 6.42 Å². The molecule has 0 radical (unpaired) electrons. The molecule has 0 aromatic carbocycles. The highest BCUT2D eigenvalue weighted by Gasteiger charge is 2.22. The summed E-state index contributed by atoms with van der Waals surface area (Å²) < 4.78 is 26.3. The average Bonchev–Trinajstić information content (AvgIpc) is 3.05. The summed E-state index contributed by atoms with van der Waals surface area (Å²) in [7, 11) is -4.75. The molecule has 0 saturated carbocycles. The maximum absolute atomic E-state index is 12.4. The molecule has 0 aromatic heterocycles. The van der Waals surface area contributed by atoms with Crippen LogP contribution in [0, 0.1) is 0 Å². The molecule has 1 unspecified atom stereocenters. The van der Waals surface area contributed by atoms with Gasteiger partial charge in [-0.05, 0) is 64.2 Å². The fourth-order valence-corrected chi connectivity index (χ4v) is 5.84. The zero-order valence-electron chi connectivity index (χ0n) is 30.9. The third kappa shape index (κ3) is 37.4. The monoisotopic (exact) mass is 701 g/mol. The largest absolute Gasteiger partial charge is 0.469 e. The van der Waals surface area contributed by atoms with E-state index in [2.05, 4.69) is 42.7 Å². The van der Waals surface area contributed by atoms with E-state index in [1.54, 1.807) is 0 Å². The zero-order chi connectivity index (χ0) is 35.4. The molecule has 0 rings (SSSR count). The first-order valence-electron chi connectivity index (χ1n) is 19.6. The Hall–Kier alpha value is -1.47. The molecule has 0 saturated heterocycles. The summed E-state index contributed by atoms with van der Waals surface area (Å²) in [6.45, 7) is 3.66. The van der Waals surface area contributed by atoms with E-state index in [-0.39, 0.29) is 19.4 Å². The summed E-state index contributed by atoms with van der Waals surface area (Å²) in [6, 6.07) is 0. The van der Waals surface area contributed by atoms with Crippen molar-refractivity contribution in [3.8, 4) is 0 Å². The number of phosphoric acid groups is 1. The lowest BCUT2D eigenvalue weighted by molar-refractivity contribution is -0.161. The Balaban J connectivity index is 3.96. The number of phosphoric ester groups is 1. The fraction of sp³-hybridized carbons (Fsp3) is 0.846. The van der Waals surface area contributed by atoms with E-state index in [1.165, 1.54) is 96.3 Å². The van der Waals surface area contributed by atoms with Crippen LogP contribution in [0.25, 0.3) is 0 Å². The van der Waals surface area contributed by atoms with Crippen molar-refractivity contribution in [3.05, 3.63) is 24.3 Å². The van der Waals surface area contributed by atoms with Crippen LogP contribution in [0.15, 0.2) is 24.3 Å². The number of allylic oxidation sites excluding steroid dienone is 4. The van der Waals surface area contributed by atoms with Crippen LogP contribution in [0.2, 0.25) is 0 Å². The number of carbonyl (C=O) groups excluding carboxylic acids is 2. The molecule has 0 aliphatic carbocycles. The minimum absolute atomic E-state index is 0.203. The van der Waals surface area contributed by atoms with Gasteiger partial charge in [0.15, 0.2) is 6.10 Å². The van der Waals surface area contributed by atoms with Crippen LogP contribution >= 0.6 is 7.82 Å². The first kappa shape index (κ1) is 46.5. The Labute approximate surface area is 294 Å². The first-order valence-corrected chi connectivity index (χ1v) is 21.2. The topological polar surface area (TPSA) is 119 Å². The van der Waals surface area contributed by atoms with Crippen LogP contribution in [-0.2, 0) is 28.2 Å². The molecule has 0 fully saturated rings. The van der Waals surface area contributed by atoms with Gasteiger partial charge in [-0.2, -0.15) is 0 Å². The van der Waals surface area contributed by atoms with Crippen molar-refractivity contribution in [2.75, 3.05) is 13.2 Å². The number of unbranched alkanes of at least 4 members (excludes halogenated alkanes) is 22. The van der Waals surface area contributed by atoms with Gasteiger partial charge in [0.1, 0.15) is 6.61 Å². The van der Waals surface area contributed by atoms with E-state index in [4.69, 9.17) is 19.3 Å². The van der Waals surface area contributed by atoms with Crippen molar-refractivity contribution >= 4 is 19.8 Å². The molecular weight excluding hydrogens is 627 g/mol. The van der Waals surface area contributed by atoms with Crippen LogP contribution in [0.1, 0.15) is 194 Å². The van der Waals surface area contributed by atoms with Gasteiger partial charge in [0, 0.05) is 12.8 Å². The first-order chi connectivity index (χ1) is 23.3. The Morgan fingerprint density at radius 1 is 0.521 bits per heavy atom. The molecule has 0 aromatic rings. The number of esters is 2. The highest BCUT2D eigenvalue weighted by atomic mass is 31.2. The molecule has 8 nitrogen and oxygen atoms in total. The van der Waals surface area contributed by atoms with Gasteiger partial charge in [0.05, 0.1) is 6.61 Å². The van der Waals surface area contributed by atoms with Gasteiger partial charge >= 0.3 is 19.8 Å². The summed E-state index contributed by atoms with van der Waals surface area (Å²) in [6.07, 6.45) is 38.9. The van der Waals surface area contributed by atoms with Crippen molar-refractivity contribution < 1.29 is 37.9 Å². The lowest BCUT2D eigenvalue weighted by Crippen LogP contribution is -2.29. The van der Waals surface area contributed by atoms with Crippen molar-refractivity contribution in [2.24, 2.45) is 0 Å². The number of hydrogen-bond donors (Lipinski definition) is 2. The van der Waals surface area contributed by atoms with Gasteiger partial charge in [0.25, 0.3) is 0 Å². The minimum Gasteiger partial charge on any atom is -0.462 e. The van der Waals surface area contributed by atoms with Crippen LogP contribution in [-0.4, -0.2) is 41.0 Å². The standard InChI is InChI=1S/C39H73O8P/c1-3-5-7-9-11-13-15-17-19-21-23-25-27-29-31-33-38(40)45-35-37(36-46-48(42,43)44)47-39(41)34-32-30-28-26-24-22-20-18-16-14-12-10-8-6-4-2/h13,15,18,20,37H,3-12,14,16-17,19,21-36H2,1-2H3,(H2,42,43,44). The second-order valence-corrected chi connectivity index (χ2v) is 14.5. The second-order valence-electron chi connectivity index (χ2n) is 13.2. The van der Waals surface area contributed by atoms with Gasteiger partial charge in [0.2, 0.25) is 0 Å². The van der Waals surface area contributed by atoms with Crippen molar-refractivity contribution in [1.29, 1.82) is 0 Å². The van der Waals surface area contributed by atoms with E-state index in [9.17, 15) is 14.2 Å². The molecule has 0 amide bonds. The molecule has 2 N–H and O–H groups in total. The predicted molar refractivity (Wildman–Crippen MR) is 198 cm³/mol. The minimum atomic E-state index is -4.75. The number of hydrogen-bond acceptors (Lipinski definition) is 6. The van der Waals surface area contributed by atoms with Crippen molar-refractivity contribution in [2.45, 2.75) is 200 Å². The zero-order valence-corrected chi connectivity index (χ0v) is 31.8. The molecule has 0 heterocycles. The summed E-state index contributed by atoms with van der Waals surface area (Å²) in [5.74, 6) is -0.896. The Bertz CT molecular complexity index is 838. The SMILES string of the molecule is CCCCCCC=CCCCCCCCCCC(=O)OCC(COP(=O)(O)O)OC(=O)CCCCCCCC=CCCCCCCCC. The molecule has 48 heavy (non-hydrogen) atoms. The number of rotatable bonds is 36. The van der Waals surface area contributed by atoms with Crippen molar-refractivity contribution in [1.82, 2.24) is 0 Å². The van der Waals surface area contributed by atoms with E-state index in [1.807, 2.05) is 0 Å². The predicted octanol–water partition coefficient (Wildman–Crippen LogP) is 11.6. The molecule has 0 aliphatic rings. The third-order valence-corrected chi connectivity index (χ3v) is 8.93. The molecule has 0 spiro atoms. The van der Waals surface area contributed by atoms with Crippen LogP contribution < -0.4 is 0 Å². The Kier molecular flexibility index (Phi) is 34.3. The summed E-state index contributed by atoms with van der Waals surface area (Å²) in [5.41, 5.74) is 0. The van der Waals surface area contributed by atoms with Gasteiger partial charge in [-0.25, -0.2) is 4.57 Å². The van der Waals surface area contributed by atoms with Gasteiger partial charge in [-0.3, -0.25) is 14.1 Å². The quantitative estimate of drug-likeness (QED) is 0.0287. The van der Waals surface area contributed by atoms with Crippen molar-refractivity contribution in [3.63, 3.8) is 0 Å². The number of carbonyl (C=O) groups is 2. The second kappa shape index (κ2) is 35.4. The van der Waals surface area contributed by atoms with E-state index in [0.717, 1.165) is 64.2 Å². The Morgan fingerprint density at radius 2 is 0.875 bits per heavy atom. The van der Waals surface area contributed by atoms with E-state index >= 15 is 0 Å². The lowest BCUT2D eigenvalue weighted by atomic mass is 10.1. The average molecular weight is 701 g/mol. The maximum atomic E-state index is 12.4. The highest BCUT2D eigenvalue weighted by Crippen LogP contribution is 2.36. The Morgan fingerprint density at radius 3 is 1.29 bits per heavy atom. The van der Waals surface area contributed by atoms with Gasteiger partial charge < -0.3 is 19.3 Å². The smallest absolute Gasteiger partial charge is 0.462 e. The summed E-state index contributed by atoms with van der Waals surface area (Å²) >= 11 is 0. The van der Waals surface area contributed by atoms with Crippen LogP contribution in [0.3, 0.4) is 0 Å². The molecule has 0 bridgehead atoms. The van der Waals surface area contributed by atoms with Crippen LogP contribution in [0.5, 0.6) is 0 Å². The maximum Gasteiger partial charge on any atom is 0.469 e. The molecule has 282 valence electrons.